The van der Waals surface area contributed by atoms with Crippen LogP contribution in [0.1, 0.15) is 11.1 Å². The van der Waals surface area contributed by atoms with Crippen molar-refractivity contribution in [2.24, 2.45) is 0 Å². The van der Waals surface area contributed by atoms with Crippen LogP contribution in [0.3, 0.4) is 0 Å². The number of phenols is 1. The van der Waals surface area contributed by atoms with Gasteiger partial charge < -0.3 is 10.4 Å². The second-order valence-electron chi connectivity index (χ2n) is 4.97. The molecule has 3 nitrogen and oxygen atoms in total. The van der Waals surface area contributed by atoms with Crippen molar-refractivity contribution in [3.8, 4) is 5.75 Å². The number of aryl methyl sites for hydroxylation is 2. The monoisotopic (exact) mass is 300 g/mol. The summed E-state index contributed by atoms with van der Waals surface area (Å²) in [4.78, 5) is 4.67. The minimum absolute atomic E-state index is 0. The first kappa shape index (κ1) is 15.1. The van der Waals surface area contributed by atoms with E-state index in [-0.39, 0.29) is 18.2 Å². The number of hydrogen-bond acceptors (Lipinski definition) is 3. The van der Waals surface area contributed by atoms with Gasteiger partial charge in [-0.2, -0.15) is 0 Å². The van der Waals surface area contributed by atoms with E-state index >= 15 is 0 Å². The molecule has 0 atom stereocenters. The lowest BCUT2D eigenvalue weighted by Crippen LogP contribution is -1.96. The highest BCUT2D eigenvalue weighted by Crippen LogP contribution is 2.25. The Labute approximate surface area is 130 Å². The molecule has 0 aliphatic rings. The number of phenolic OH excluding ortho intramolecular Hbond substituents is 1. The van der Waals surface area contributed by atoms with Crippen LogP contribution < -0.4 is 5.32 Å². The smallest absolute Gasteiger partial charge is 0.131 e. The maximum absolute atomic E-state index is 9.50. The molecule has 0 saturated carbocycles. The van der Waals surface area contributed by atoms with E-state index in [0.29, 0.717) is 0 Å². The van der Waals surface area contributed by atoms with Crippen molar-refractivity contribution < 1.29 is 5.11 Å². The van der Waals surface area contributed by atoms with Crippen LogP contribution in [0.25, 0.3) is 10.9 Å². The summed E-state index contributed by atoms with van der Waals surface area (Å²) in [5, 5.41) is 13.9. The molecule has 3 aromatic rings. The molecule has 1 aromatic heterocycles. The van der Waals surface area contributed by atoms with E-state index in [9.17, 15) is 5.11 Å². The van der Waals surface area contributed by atoms with E-state index in [1.165, 1.54) is 10.9 Å². The SMILES string of the molecule is Cc1cc(Nc2cccc(O)c2)nc2c(C)cccc12.Cl. The average molecular weight is 301 g/mol. The van der Waals surface area contributed by atoms with Crippen LogP contribution in [-0.4, -0.2) is 10.1 Å². The fraction of sp³-hybridized carbons (Fsp3) is 0.118. The Kier molecular flexibility index (Phi) is 4.34. The van der Waals surface area contributed by atoms with Crippen LogP contribution in [0, 0.1) is 13.8 Å². The van der Waals surface area contributed by atoms with Gasteiger partial charge >= 0.3 is 0 Å². The van der Waals surface area contributed by atoms with E-state index < -0.39 is 0 Å². The van der Waals surface area contributed by atoms with Crippen molar-refractivity contribution in [3.05, 3.63) is 59.7 Å². The Morgan fingerprint density at radius 1 is 0.952 bits per heavy atom. The molecule has 0 saturated heterocycles. The quantitative estimate of drug-likeness (QED) is 0.719. The van der Waals surface area contributed by atoms with Gasteiger partial charge in [-0.15, -0.1) is 12.4 Å². The van der Waals surface area contributed by atoms with E-state index in [2.05, 4.69) is 42.3 Å². The highest BCUT2D eigenvalue weighted by molar-refractivity contribution is 5.87. The summed E-state index contributed by atoms with van der Waals surface area (Å²) >= 11 is 0. The lowest BCUT2D eigenvalue weighted by atomic mass is 10.1. The second kappa shape index (κ2) is 6.02. The first-order valence-corrected chi connectivity index (χ1v) is 6.56. The van der Waals surface area contributed by atoms with Gasteiger partial charge in [-0.25, -0.2) is 4.98 Å². The van der Waals surface area contributed by atoms with Crippen LogP contribution in [0.5, 0.6) is 5.75 Å². The fourth-order valence-electron chi connectivity index (χ4n) is 2.36. The molecule has 0 radical (unpaired) electrons. The molecule has 108 valence electrons. The number of fused-ring (bicyclic) bond motifs is 1. The molecule has 0 aliphatic heterocycles. The molecule has 0 bridgehead atoms. The number of hydrogen-bond donors (Lipinski definition) is 2. The number of pyridine rings is 1. The van der Waals surface area contributed by atoms with Crippen molar-refractivity contribution in [3.63, 3.8) is 0 Å². The standard InChI is InChI=1S/C17H16N2O.ClH/c1-11-5-3-8-15-12(2)9-16(19-17(11)15)18-13-6-4-7-14(20)10-13;/h3-10,20H,1-2H3,(H,18,19);1H. The predicted molar refractivity (Wildman–Crippen MR) is 89.9 cm³/mol. The molecule has 2 N–H and O–H groups in total. The van der Waals surface area contributed by atoms with E-state index in [0.717, 1.165) is 22.6 Å². The fourth-order valence-corrected chi connectivity index (χ4v) is 2.36. The maximum Gasteiger partial charge on any atom is 0.131 e. The lowest BCUT2D eigenvalue weighted by molar-refractivity contribution is 0.475. The van der Waals surface area contributed by atoms with Crippen molar-refractivity contribution in [1.29, 1.82) is 0 Å². The van der Waals surface area contributed by atoms with Gasteiger partial charge in [0.1, 0.15) is 11.6 Å². The summed E-state index contributed by atoms with van der Waals surface area (Å²) in [5.74, 6) is 1.03. The number of rotatable bonds is 2. The largest absolute Gasteiger partial charge is 0.508 e. The second-order valence-corrected chi connectivity index (χ2v) is 4.97. The normalized spacial score (nSPS) is 10.2. The third-order valence-electron chi connectivity index (χ3n) is 3.37. The molecule has 0 unspecified atom stereocenters. The number of aromatic hydroxyl groups is 1. The van der Waals surface area contributed by atoms with Gasteiger partial charge in [-0.3, -0.25) is 0 Å². The van der Waals surface area contributed by atoms with Crippen molar-refractivity contribution in [2.75, 3.05) is 5.32 Å². The minimum atomic E-state index is 0. The summed E-state index contributed by atoms with van der Waals surface area (Å²) in [6, 6.07) is 15.2. The molecule has 2 aromatic carbocycles. The molecular formula is C17H17ClN2O. The Balaban J connectivity index is 0.00000161. The number of benzene rings is 2. The zero-order valence-electron chi connectivity index (χ0n) is 11.9. The number of aromatic nitrogens is 1. The first-order chi connectivity index (χ1) is 9.63. The number of nitrogens with one attached hydrogen (secondary N) is 1. The van der Waals surface area contributed by atoms with Gasteiger partial charge in [-0.05, 0) is 43.2 Å². The van der Waals surface area contributed by atoms with Crippen molar-refractivity contribution >= 4 is 34.8 Å². The number of nitrogens with zero attached hydrogens (tertiary/aromatic N) is 1. The zero-order valence-corrected chi connectivity index (χ0v) is 12.7. The molecule has 0 amide bonds. The third-order valence-corrected chi connectivity index (χ3v) is 3.37. The predicted octanol–water partition coefficient (Wildman–Crippen LogP) is 4.72. The molecule has 3 rings (SSSR count). The maximum atomic E-state index is 9.50. The summed E-state index contributed by atoms with van der Waals surface area (Å²) in [7, 11) is 0. The molecule has 0 fully saturated rings. The Morgan fingerprint density at radius 3 is 2.48 bits per heavy atom. The van der Waals surface area contributed by atoms with Gasteiger partial charge in [-0.1, -0.05) is 24.3 Å². The Hall–Kier alpha value is -2.26. The van der Waals surface area contributed by atoms with Crippen LogP contribution in [0.15, 0.2) is 48.5 Å². The first-order valence-electron chi connectivity index (χ1n) is 6.56. The molecule has 0 spiro atoms. The molecule has 0 aliphatic carbocycles. The van der Waals surface area contributed by atoms with Crippen molar-refractivity contribution in [1.82, 2.24) is 4.98 Å². The molecule has 1 heterocycles. The van der Waals surface area contributed by atoms with Crippen LogP contribution in [0.4, 0.5) is 11.5 Å². The van der Waals surface area contributed by atoms with Gasteiger partial charge in [0.15, 0.2) is 0 Å². The van der Waals surface area contributed by atoms with E-state index in [4.69, 9.17) is 0 Å². The van der Waals surface area contributed by atoms with E-state index in [1.54, 1.807) is 18.2 Å². The highest BCUT2D eigenvalue weighted by atomic mass is 35.5. The number of para-hydroxylation sites is 1. The summed E-state index contributed by atoms with van der Waals surface area (Å²) in [5.41, 5.74) is 4.17. The molecular weight excluding hydrogens is 284 g/mol. The number of halogens is 1. The third kappa shape index (κ3) is 3.09. The summed E-state index contributed by atoms with van der Waals surface area (Å²) in [6.45, 7) is 4.14. The molecule has 4 heteroatoms. The van der Waals surface area contributed by atoms with Gasteiger partial charge in [0.25, 0.3) is 0 Å². The minimum Gasteiger partial charge on any atom is -0.508 e. The Morgan fingerprint density at radius 2 is 1.71 bits per heavy atom. The van der Waals surface area contributed by atoms with Gasteiger partial charge in [0.2, 0.25) is 0 Å². The summed E-state index contributed by atoms with van der Waals surface area (Å²) in [6.07, 6.45) is 0. The number of anilines is 2. The van der Waals surface area contributed by atoms with Crippen LogP contribution in [-0.2, 0) is 0 Å². The Bertz CT molecular complexity index is 787. The highest BCUT2D eigenvalue weighted by Gasteiger charge is 2.05. The van der Waals surface area contributed by atoms with E-state index in [1.807, 2.05) is 12.1 Å². The van der Waals surface area contributed by atoms with Crippen molar-refractivity contribution in [2.45, 2.75) is 13.8 Å². The van der Waals surface area contributed by atoms with Crippen LogP contribution in [0.2, 0.25) is 0 Å². The van der Waals surface area contributed by atoms with Crippen LogP contribution >= 0.6 is 12.4 Å². The zero-order chi connectivity index (χ0) is 14.1. The van der Waals surface area contributed by atoms with Gasteiger partial charge in [0.05, 0.1) is 5.52 Å². The topological polar surface area (TPSA) is 45.1 Å². The summed E-state index contributed by atoms with van der Waals surface area (Å²) < 4.78 is 0. The average Bonchev–Trinajstić information content (AvgIpc) is 2.40. The van der Waals surface area contributed by atoms with Gasteiger partial charge in [0, 0.05) is 17.1 Å². The molecule has 21 heavy (non-hydrogen) atoms. The lowest BCUT2D eigenvalue weighted by Gasteiger charge is -2.10.